The number of nitrogens with two attached hydrogens (primary N) is 1. The highest BCUT2D eigenvalue weighted by atomic mass is 79.9. The van der Waals surface area contributed by atoms with Gasteiger partial charge < -0.3 is 10.5 Å². The molecule has 0 unspecified atom stereocenters. The lowest BCUT2D eigenvalue weighted by atomic mass is 10.1. The van der Waals surface area contributed by atoms with Crippen LogP contribution in [-0.2, 0) is 13.5 Å². The molecule has 4 nitrogen and oxygen atoms in total. The van der Waals surface area contributed by atoms with Crippen LogP contribution in [0.4, 0.5) is 5.69 Å². The number of nitrogen functional groups attached to an aromatic ring is 1. The van der Waals surface area contributed by atoms with Crippen molar-refractivity contribution in [2.24, 2.45) is 7.05 Å². The largest absolute Gasteiger partial charge is 0.436 e. The smallest absolute Gasteiger partial charge is 0.241 e. The van der Waals surface area contributed by atoms with Crippen molar-refractivity contribution in [3.8, 4) is 11.6 Å². The molecule has 0 aliphatic heterocycles. The quantitative estimate of drug-likeness (QED) is 0.770. The van der Waals surface area contributed by atoms with Crippen molar-refractivity contribution < 1.29 is 4.74 Å². The minimum atomic E-state index is 0.572. The summed E-state index contributed by atoms with van der Waals surface area (Å²) in [5.41, 5.74) is 7.55. The fraction of sp³-hybridized carbons (Fsp3) is 0.188. The second kappa shape index (κ2) is 5.41. The topological polar surface area (TPSA) is 53.1 Å². The number of ether oxygens (including phenoxy) is 1. The van der Waals surface area contributed by atoms with Crippen molar-refractivity contribution in [1.29, 1.82) is 0 Å². The van der Waals surface area contributed by atoms with E-state index in [1.165, 1.54) is 0 Å². The Morgan fingerprint density at radius 1 is 1.24 bits per heavy atom. The van der Waals surface area contributed by atoms with E-state index in [-0.39, 0.29) is 0 Å². The first-order valence-corrected chi connectivity index (χ1v) is 7.57. The Balaban J connectivity index is 2.06. The van der Waals surface area contributed by atoms with Crippen molar-refractivity contribution >= 4 is 32.4 Å². The molecule has 21 heavy (non-hydrogen) atoms. The third kappa shape index (κ3) is 2.38. The lowest BCUT2D eigenvalue weighted by Crippen LogP contribution is -1.97. The van der Waals surface area contributed by atoms with Gasteiger partial charge in [0, 0.05) is 7.05 Å². The Morgan fingerprint density at radius 2 is 2.00 bits per heavy atom. The summed E-state index contributed by atoms with van der Waals surface area (Å²) in [4.78, 5) is 0. The molecule has 1 heterocycles. The van der Waals surface area contributed by atoms with Gasteiger partial charge in [0.1, 0.15) is 11.4 Å². The number of benzene rings is 2. The Kier molecular flexibility index (Phi) is 3.59. The van der Waals surface area contributed by atoms with Crippen LogP contribution in [-0.4, -0.2) is 9.78 Å². The molecule has 0 aliphatic rings. The van der Waals surface area contributed by atoms with Crippen LogP contribution in [0.2, 0.25) is 0 Å². The zero-order valence-electron chi connectivity index (χ0n) is 11.9. The molecule has 0 fully saturated rings. The molecule has 0 saturated carbocycles. The zero-order valence-corrected chi connectivity index (χ0v) is 13.5. The lowest BCUT2D eigenvalue weighted by molar-refractivity contribution is 0.431. The molecule has 0 atom stereocenters. The van der Waals surface area contributed by atoms with E-state index < -0.39 is 0 Å². The highest BCUT2D eigenvalue weighted by Gasteiger charge is 2.16. The molecule has 2 aromatic carbocycles. The molecule has 0 saturated heterocycles. The Bertz CT molecular complexity index is 811. The fourth-order valence-corrected chi connectivity index (χ4v) is 2.93. The van der Waals surface area contributed by atoms with E-state index in [9.17, 15) is 0 Å². The number of nitrogens with zero attached hydrogens (tertiary/aromatic N) is 2. The number of aromatic nitrogens is 2. The molecular formula is C16H16BrN3O. The number of rotatable bonds is 3. The summed E-state index contributed by atoms with van der Waals surface area (Å²) in [6, 6.07) is 12.1. The van der Waals surface area contributed by atoms with E-state index in [1.807, 2.05) is 38.2 Å². The monoisotopic (exact) mass is 345 g/mol. The average Bonchev–Trinajstić information content (AvgIpc) is 2.77. The number of fused-ring (bicyclic) bond motifs is 1. The SMILES string of the molecule is CCc1nn(C)c(Oc2ccc3ccccc3c2Br)c1N. The second-order valence-corrected chi connectivity index (χ2v) is 5.64. The normalized spacial score (nSPS) is 11.0. The summed E-state index contributed by atoms with van der Waals surface area (Å²) < 4.78 is 8.58. The number of hydrogen-bond donors (Lipinski definition) is 1. The highest BCUT2D eigenvalue weighted by molar-refractivity contribution is 9.10. The number of anilines is 1. The maximum atomic E-state index is 6.10. The molecule has 0 spiro atoms. The molecule has 0 bridgehead atoms. The first-order valence-electron chi connectivity index (χ1n) is 6.78. The van der Waals surface area contributed by atoms with E-state index in [0.717, 1.165) is 33.1 Å². The zero-order chi connectivity index (χ0) is 15.0. The molecule has 0 amide bonds. The predicted octanol–water partition coefficient (Wildman–Crippen LogP) is 4.27. The summed E-state index contributed by atoms with van der Waals surface area (Å²) in [5.74, 6) is 1.30. The molecule has 1 aromatic heterocycles. The van der Waals surface area contributed by atoms with E-state index >= 15 is 0 Å². The van der Waals surface area contributed by atoms with Gasteiger partial charge in [0.25, 0.3) is 0 Å². The summed E-state index contributed by atoms with van der Waals surface area (Å²) in [7, 11) is 1.83. The van der Waals surface area contributed by atoms with Gasteiger partial charge in [-0.2, -0.15) is 5.10 Å². The van der Waals surface area contributed by atoms with Gasteiger partial charge in [-0.15, -0.1) is 0 Å². The van der Waals surface area contributed by atoms with Gasteiger partial charge in [-0.25, -0.2) is 4.68 Å². The molecule has 3 aromatic rings. The number of halogens is 1. The Morgan fingerprint density at radius 3 is 2.71 bits per heavy atom. The van der Waals surface area contributed by atoms with Gasteiger partial charge in [0.2, 0.25) is 5.88 Å². The Labute approximate surface area is 131 Å². The van der Waals surface area contributed by atoms with E-state index in [4.69, 9.17) is 10.5 Å². The Hall–Kier alpha value is -2.01. The van der Waals surface area contributed by atoms with E-state index in [0.29, 0.717) is 11.6 Å². The van der Waals surface area contributed by atoms with E-state index in [2.05, 4.69) is 33.2 Å². The van der Waals surface area contributed by atoms with Crippen LogP contribution < -0.4 is 10.5 Å². The molecule has 5 heteroatoms. The standard InChI is InChI=1S/C16H16BrN3O/c1-3-12-15(18)16(20(2)19-12)21-13-9-8-10-6-4-5-7-11(10)14(13)17/h4-9H,3,18H2,1-2H3. The van der Waals surface area contributed by atoms with Crippen LogP contribution in [0.3, 0.4) is 0 Å². The molecule has 0 aliphatic carbocycles. The van der Waals surface area contributed by atoms with Gasteiger partial charge >= 0.3 is 0 Å². The molecule has 0 radical (unpaired) electrons. The van der Waals surface area contributed by atoms with Gasteiger partial charge in [-0.3, -0.25) is 0 Å². The van der Waals surface area contributed by atoms with Crippen molar-refractivity contribution in [3.63, 3.8) is 0 Å². The van der Waals surface area contributed by atoms with Gasteiger partial charge in [0.15, 0.2) is 0 Å². The van der Waals surface area contributed by atoms with Gasteiger partial charge in [-0.1, -0.05) is 37.3 Å². The minimum Gasteiger partial charge on any atom is -0.436 e. The molecule has 3 rings (SSSR count). The second-order valence-electron chi connectivity index (χ2n) is 4.84. The maximum absolute atomic E-state index is 6.10. The minimum absolute atomic E-state index is 0.572. The van der Waals surface area contributed by atoms with Crippen LogP contribution in [0.25, 0.3) is 10.8 Å². The third-order valence-electron chi connectivity index (χ3n) is 3.48. The molecular weight excluding hydrogens is 330 g/mol. The summed E-state index contributed by atoms with van der Waals surface area (Å²) in [6.45, 7) is 2.02. The summed E-state index contributed by atoms with van der Waals surface area (Å²) in [5, 5.41) is 6.63. The van der Waals surface area contributed by atoms with Crippen molar-refractivity contribution in [1.82, 2.24) is 9.78 Å². The lowest BCUT2D eigenvalue weighted by Gasteiger charge is -2.10. The predicted molar refractivity (Wildman–Crippen MR) is 88.7 cm³/mol. The van der Waals surface area contributed by atoms with Crippen molar-refractivity contribution in [3.05, 3.63) is 46.6 Å². The van der Waals surface area contributed by atoms with Crippen LogP contribution in [0.5, 0.6) is 11.6 Å². The molecule has 108 valence electrons. The highest BCUT2D eigenvalue weighted by Crippen LogP contribution is 2.37. The van der Waals surface area contributed by atoms with Gasteiger partial charge in [-0.05, 0) is 39.2 Å². The van der Waals surface area contributed by atoms with Crippen LogP contribution in [0, 0.1) is 0 Å². The molecule has 2 N–H and O–H groups in total. The van der Waals surface area contributed by atoms with Crippen LogP contribution in [0.15, 0.2) is 40.9 Å². The summed E-state index contributed by atoms with van der Waals surface area (Å²) in [6.07, 6.45) is 0.780. The van der Waals surface area contributed by atoms with Crippen LogP contribution in [0.1, 0.15) is 12.6 Å². The van der Waals surface area contributed by atoms with Crippen LogP contribution >= 0.6 is 15.9 Å². The van der Waals surface area contributed by atoms with E-state index in [1.54, 1.807) is 4.68 Å². The number of hydrogen-bond acceptors (Lipinski definition) is 3. The van der Waals surface area contributed by atoms with Crippen molar-refractivity contribution in [2.45, 2.75) is 13.3 Å². The maximum Gasteiger partial charge on any atom is 0.241 e. The summed E-state index contributed by atoms with van der Waals surface area (Å²) >= 11 is 3.62. The first kappa shape index (κ1) is 13.9. The third-order valence-corrected chi connectivity index (χ3v) is 4.29. The average molecular weight is 346 g/mol. The van der Waals surface area contributed by atoms with Crippen molar-refractivity contribution in [2.75, 3.05) is 5.73 Å². The first-order chi connectivity index (χ1) is 10.1. The van der Waals surface area contributed by atoms with Gasteiger partial charge in [0.05, 0.1) is 10.2 Å². The fourth-order valence-electron chi connectivity index (χ4n) is 2.36. The number of aryl methyl sites for hydroxylation is 2.